The van der Waals surface area contributed by atoms with Gasteiger partial charge in [-0.1, -0.05) is 25.5 Å². The highest BCUT2D eigenvalue weighted by atomic mass is 16.6. The molecule has 1 unspecified atom stereocenters. The lowest BCUT2D eigenvalue weighted by molar-refractivity contribution is -0.161. The number of esters is 1. The first kappa shape index (κ1) is 20.5. The van der Waals surface area contributed by atoms with E-state index in [9.17, 15) is 9.59 Å². The lowest BCUT2D eigenvalue weighted by Gasteiger charge is -2.62. The van der Waals surface area contributed by atoms with Crippen LogP contribution in [0.2, 0.25) is 0 Å². The van der Waals surface area contributed by atoms with Gasteiger partial charge in [-0.05, 0) is 75.1 Å². The zero-order valence-electron chi connectivity index (χ0n) is 19.3. The van der Waals surface area contributed by atoms with Gasteiger partial charge in [0, 0.05) is 29.6 Å². The van der Waals surface area contributed by atoms with Crippen LogP contribution in [0.15, 0.2) is 39.8 Å². The minimum atomic E-state index is -0.595. The molecule has 5 aliphatic rings. The second-order valence-corrected chi connectivity index (χ2v) is 11.4. The van der Waals surface area contributed by atoms with Gasteiger partial charge < -0.3 is 14.9 Å². The van der Waals surface area contributed by atoms with E-state index in [-0.39, 0.29) is 34.4 Å². The molecule has 5 heteroatoms. The van der Waals surface area contributed by atoms with Gasteiger partial charge in [0.25, 0.3) is 0 Å². The van der Waals surface area contributed by atoms with E-state index in [1.54, 1.807) is 0 Å². The fraction of sp³-hybridized carbons (Fsp3) is 0.630. The molecule has 1 aliphatic heterocycles. The number of nitrogens with two attached hydrogens (primary N) is 1. The number of ketones is 1. The highest BCUT2D eigenvalue weighted by Gasteiger charge is 2.71. The molecule has 6 atom stereocenters. The number of carbonyl (C=O) groups is 2. The third kappa shape index (κ3) is 2.33. The normalized spacial score (nSPS) is 45.1. The smallest absolute Gasteiger partial charge is 0.306 e. The molecule has 5 nitrogen and oxygen atoms in total. The van der Waals surface area contributed by atoms with Crippen LogP contribution in [0.4, 0.5) is 0 Å². The molecule has 0 radical (unpaired) electrons. The van der Waals surface area contributed by atoms with E-state index >= 15 is 0 Å². The molecular formula is C27H33NO4. The average molecular weight is 436 g/mol. The first-order valence-electron chi connectivity index (χ1n) is 12.1. The standard InChI is InChI=1S/C27H33NO4/c1-16-4-5-20(31-16)19-15-17-14-18(29)6-10-24(17,2)21-7-11-25(3)22(27(19,21)28)8-12-26(25)13-9-23(30)32-26/h4-5,7,14,19,22H,6,8-13,15,28H2,1-3H3/t19-,22+,24-,25-,26+,27?/m0/s1. The van der Waals surface area contributed by atoms with Crippen LogP contribution in [0.5, 0.6) is 0 Å². The number of fused-ring (bicyclic) bond motifs is 6. The molecule has 0 bridgehead atoms. The SMILES string of the molecule is Cc1ccc([C@@H]2CC3=CC(=O)CC[C@]3(C)C3=CC[C@@]4(C)[C@@H](CC[C@@]45CCC(=O)O5)C32N)o1. The largest absolute Gasteiger partial charge is 0.466 e. The van der Waals surface area contributed by atoms with E-state index in [0.29, 0.717) is 12.8 Å². The van der Waals surface area contributed by atoms with Gasteiger partial charge in [0.05, 0.1) is 5.54 Å². The Balaban J connectivity index is 1.55. The van der Waals surface area contributed by atoms with Crippen molar-refractivity contribution >= 4 is 11.8 Å². The highest BCUT2D eigenvalue weighted by molar-refractivity contribution is 5.92. The zero-order chi connectivity index (χ0) is 22.5. The number of rotatable bonds is 1. The molecule has 2 heterocycles. The predicted octanol–water partition coefficient (Wildman–Crippen LogP) is 4.89. The Morgan fingerprint density at radius 3 is 2.59 bits per heavy atom. The fourth-order valence-corrected chi connectivity index (χ4v) is 8.32. The summed E-state index contributed by atoms with van der Waals surface area (Å²) in [5, 5.41) is 0. The number of aryl methyl sites for hydroxylation is 1. The van der Waals surface area contributed by atoms with E-state index in [1.165, 1.54) is 11.1 Å². The summed E-state index contributed by atoms with van der Waals surface area (Å²) >= 11 is 0. The molecule has 6 rings (SSSR count). The van der Waals surface area contributed by atoms with Gasteiger partial charge >= 0.3 is 5.97 Å². The summed E-state index contributed by atoms with van der Waals surface area (Å²) in [5.41, 5.74) is 8.73. The van der Waals surface area contributed by atoms with Gasteiger partial charge in [0.2, 0.25) is 0 Å². The van der Waals surface area contributed by atoms with Crippen molar-refractivity contribution < 1.29 is 18.7 Å². The molecule has 1 aromatic heterocycles. The monoisotopic (exact) mass is 435 g/mol. The maximum Gasteiger partial charge on any atom is 0.306 e. The Hall–Kier alpha value is -2.14. The van der Waals surface area contributed by atoms with Crippen LogP contribution >= 0.6 is 0 Å². The second kappa shape index (κ2) is 6.25. The summed E-state index contributed by atoms with van der Waals surface area (Å²) in [4.78, 5) is 24.6. The summed E-state index contributed by atoms with van der Waals surface area (Å²) < 4.78 is 12.3. The van der Waals surface area contributed by atoms with Gasteiger partial charge in [-0.2, -0.15) is 0 Å². The number of allylic oxidation sites excluding steroid dienone is 3. The fourth-order valence-electron chi connectivity index (χ4n) is 8.32. The van der Waals surface area contributed by atoms with Crippen LogP contribution in [0.3, 0.4) is 0 Å². The number of ether oxygens (including phenoxy) is 1. The van der Waals surface area contributed by atoms with E-state index in [0.717, 1.165) is 50.0 Å². The van der Waals surface area contributed by atoms with Crippen LogP contribution in [0.1, 0.15) is 82.7 Å². The van der Waals surface area contributed by atoms with E-state index in [2.05, 4.69) is 26.0 Å². The number of furan rings is 1. The molecule has 0 amide bonds. The van der Waals surface area contributed by atoms with Crippen molar-refractivity contribution in [2.45, 2.75) is 89.2 Å². The van der Waals surface area contributed by atoms with Crippen molar-refractivity contribution in [3.63, 3.8) is 0 Å². The Morgan fingerprint density at radius 1 is 1.09 bits per heavy atom. The lowest BCUT2D eigenvalue weighted by atomic mass is 9.44. The summed E-state index contributed by atoms with van der Waals surface area (Å²) in [6.07, 6.45) is 10.4. The van der Waals surface area contributed by atoms with Crippen LogP contribution in [0, 0.1) is 23.7 Å². The Bertz CT molecular complexity index is 1100. The lowest BCUT2D eigenvalue weighted by Crippen LogP contribution is -2.66. The van der Waals surface area contributed by atoms with Crippen molar-refractivity contribution in [3.8, 4) is 0 Å². The molecule has 170 valence electrons. The molecule has 0 aromatic carbocycles. The van der Waals surface area contributed by atoms with E-state index < -0.39 is 11.1 Å². The van der Waals surface area contributed by atoms with Crippen molar-refractivity contribution in [1.29, 1.82) is 0 Å². The average Bonchev–Trinajstić information content (AvgIpc) is 3.41. The molecule has 1 spiro atoms. The highest BCUT2D eigenvalue weighted by Crippen LogP contribution is 2.70. The van der Waals surface area contributed by atoms with Gasteiger partial charge in [0.1, 0.15) is 17.1 Å². The van der Waals surface area contributed by atoms with Crippen LogP contribution in [0.25, 0.3) is 0 Å². The predicted molar refractivity (Wildman–Crippen MR) is 120 cm³/mol. The van der Waals surface area contributed by atoms with Crippen LogP contribution < -0.4 is 5.73 Å². The Kier molecular flexibility index (Phi) is 4.00. The molecule has 2 N–H and O–H groups in total. The summed E-state index contributed by atoms with van der Waals surface area (Å²) in [5.74, 6) is 2.08. The van der Waals surface area contributed by atoms with Gasteiger partial charge in [-0.25, -0.2) is 0 Å². The summed E-state index contributed by atoms with van der Waals surface area (Å²) in [6, 6.07) is 4.07. The minimum absolute atomic E-state index is 0.0374. The Morgan fingerprint density at radius 2 is 1.91 bits per heavy atom. The molecule has 4 aliphatic carbocycles. The molecule has 3 fully saturated rings. The molecular weight excluding hydrogens is 402 g/mol. The maximum atomic E-state index is 12.4. The van der Waals surface area contributed by atoms with E-state index in [1.807, 2.05) is 19.1 Å². The first-order valence-corrected chi connectivity index (χ1v) is 12.1. The van der Waals surface area contributed by atoms with Crippen molar-refractivity contribution in [1.82, 2.24) is 0 Å². The van der Waals surface area contributed by atoms with Gasteiger partial charge in [-0.15, -0.1) is 0 Å². The van der Waals surface area contributed by atoms with Crippen molar-refractivity contribution in [3.05, 3.63) is 47.0 Å². The molecule has 1 aromatic rings. The zero-order valence-corrected chi connectivity index (χ0v) is 19.3. The third-order valence-corrected chi connectivity index (χ3v) is 10.1. The van der Waals surface area contributed by atoms with Crippen molar-refractivity contribution in [2.75, 3.05) is 0 Å². The first-order chi connectivity index (χ1) is 15.1. The number of hydrogen-bond donors (Lipinski definition) is 1. The van der Waals surface area contributed by atoms with Crippen LogP contribution in [-0.2, 0) is 14.3 Å². The minimum Gasteiger partial charge on any atom is -0.466 e. The molecule has 2 saturated carbocycles. The summed E-state index contributed by atoms with van der Waals surface area (Å²) in [7, 11) is 0. The maximum absolute atomic E-state index is 12.4. The number of carbonyl (C=O) groups excluding carboxylic acids is 2. The quantitative estimate of drug-likeness (QED) is 0.502. The second-order valence-electron chi connectivity index (χ2n) is 11.4. The van der Waals surface area contributed by atoms with Gasteiger partial charge in [-0.3, -0.25) is 9.59 Å². The van der Waals surface area contributed by atoms with Crippen LogP contribution in [-0.4, -0.2) is 22.9 Å². The topological polar surface area (TPSA) is 82.5 Å². The Labute approximate surface area is 189 Å². The van der Waals surface area contributed by atoms with E-state index in [4.69, 9.17) is 14.9 Å². The van der Waals surface area contributed by atoms with Crippen molar-refractivity contribution in [2.24, 2.45) is 22.5 Å². The third-order valence-electron chi connectivity index (χ3n) is 10.1. The molecule has 1 saturated heterocycles. The summed E-state index contributed by atoms with van der Waals surface area (Å²) in [6.45, 7) is 6.55. The number of hydrogen-bond acceptors (Lipinski definition) is 5. The molecule has 32 heavy (non-hydrogen) atoms. The van der Waals surface area contributed by atoms with Gasteiger partial charge in [0.15, 0.2) is 5.78 Å².